The largest absolute Gasteiger partial charge is 0.379 e. The number of rotatable bonds is 8. The van der Waals surface area contributed by atoms with Gasteiger partial charge >= 0.3 is 0 Å². The molecule has 0 radical (unpaired) electrons. The number of amidine groups is 1. The third kappa shape index (κ3) is 6.27. The third-order valence-corrected chi connectivity index (χ3v) is 8.94. The van der Waals surface area contributed by atoms with Gasteiger partial charge in [0, 0.05) is 36.8 Å². The van der Waals surface area contributed by atoms with Gasteiger partial charge in [-0.3, -0.25) is 14.5 Å². The number of thioether (sulfide) groups is 1. The molecule has 2 aliphatic rings. The summed E-state index contributed by atoms with van der Waals surface area (Å²) in [6.07, 6.45) is 0.718. The Morgan fingerprint density at radius 3 is 2.58 bits per heavy atom. The zero-order valence-electron chi connectivity index (χ0n) is 19.7. The fraction of sp³-hybridized carbons (Fsp3) is 0.375. The van der Waals surface area contributed by atoms with Gasteiger partial charge < -0.3 is 10.1 Å². The first kappa shape index (κ1) is 26.6. The minimum Gasteiger partial charge on any atom is -0.379 e. The summed E-state index contributed by atoms with van der Waals surface area (Å²) in [5, 5.41) is 3.17. The fourth-order valence-electron chi connectivity index (χ4n) is 3.84. The molecule has 2 fully saturated rings. The van der Waals surface area contributed by atoms with Gasteiger partial charge in [-0.05, 0) is 48.9 Å². The molecule has 0 aliphatic carbocycles. The maximum absolute atomic E-state index is 13.0. The number of ether oxygens (including phenoxy) is 1. The van der Waals surface area contributed by atoms with Crippen molar-refractivity contribution in [2.24, 2.45) is 4.99 Å². The standard InChI is InChI=1S/C24H27ClN4O5S2/c1-2-10-29-23(31)21(16-22(30)26-19-5-3-4-17(25)15-19)35-24(29)27-18-6-8-20(9-7-18)36(32,33)28-11-13-34-14-12-28/h3-9,15,21H,2,10-14,16H2,1H3,(H,26,30)/t21-/m0/s1. The molecule has 1 N–H and O–H groups in total. The van der Waals surface area contributed by atoms with Crippen molar-refractivity contribution in [1.82, 2.24) is 9.21 Å². The van der Waals surface area contributed by atoms with Gasteiger partial charge in [-0.25, -0.2) is 13.4 Å². The molecule has 2 heterocycles. The van der Waals surface area contributed by atoms with Crippen LogP contribution < -0.4 is 5.32 Å². The van der Waals surface area contributed by atoms with Crippen LogP contribution in [-0.2, 0) is 24.3 Å². The molecule has 9 nitrogen and oxygen atoms in total. The summed E-state index contributed by atoms with van der Waals surface area (Å²) in [4.78, 5) is 32.0. The highest BCUT2D eigenvalue weighted by Crippen LogP contribution is 2.32. The highest BCUT2D eigenvalue weighted by atomic mass is 35.5. The van der Waals surface area contributed by atoms with Crippen molar-refractivity contribution in [2.45, 2.75) is 29.9 Å². The van der Waals surface area contributed by atoms with Crippen molar-refractivity contribution in [1.29, 1.82) is 0 Å². The van der Waals surface area contributed by atoms with Crippen LogP contribution in [-0.4, -0.2) is 72.7 Å². The topological polar surface area (TPSA) is 108 Å². The number of nitrogens with one attached hydrogen (secondary N) is 1. The summed E-state index contributed by atoms with van der Waals surface area (Å²) in [6.45, 7) is 3.83. The molecular weight excluding hydrogens is 524 g/mol. The first-order valence-electron chi connectivity index (χ1n) is 11.6. The summed E-state index contributed by atoms with van der Waals surface area (Å²) in [6, 6.07) is 13.1. The number of morpholine rings is 1. The summed E-state index contributed by atoms with van der Waals surface area (Å²) in [5.74, 6) is -0.466. The molecule has 4 rings (SSSR count). The van der Waals surface area contributed by atoms with Gasteiger partial charge in [0.25, 0.3) is 0 Å². The monoisotopic (exact) mass is 550 g/mol. The molecule has 1 atom stereocenters. The number of nitrogens with zero attached hydrogens (tertiary/aromatic N) is 3. The molecule has 2 amide bonds. The molecule has 2 aliphatic heterocycles. The normalized spacial score (nSPS) is 20.2. The van der Waals surface area contributed by atoms with E-state index < -0.39 is 15.3 Å². The Morgan fingerprint density at radius 1 is 1.19 bits per heavy atom. The average Bonchev–Trinajstić information content (AvgIpc) is 3.14. The summed E-state index contributed by atoms with van der Waals surface area (Å²) in [5.41, 5.74) is 1.09. The van der Waals surface area contributed by atoms with E-state index in [1.54, 1.807) is 41.3 Å². The van der Waals surface area contributed by atoms with E-state index in [0.717, 1.165) is 6.42 Å². The van der Waals surface area contributed by atoms with E-state index in [1.807, 2.05) is 6.92 Å². The number of aliphatic imine (C=N–C) groups is 1. The van der Waals surface area contributed by atoms with Crippen LogP contribution in [0.4, 0.5) is 11.4 Å². The predicted octanol–water partition coefficient (Wildman–Crippen LogP) is 3.73. The van der Waals surface area contributed by atoms with E-state index in [-0.39, 0.29) is 23.1 Å². The van der Waals surface area contributed by atoms with E-state index in [9.17, 15) is 18.0 Å². The Labute approximate surface area is 219 Å². The van der Waals surface area contributed by atoms with Crippen LogP contribution in [0.15, 0.2) is 58.4 Å². The SMILES string of the molecule is CCCN1C(=O)[C@H](CC(=O)Nc2cccc(Cl)c2)SC1=Nc1ccc(S(=O)(=O)N2CCOCC2)cc1. The average molecular weight is 551 g/mol. The highest BCUT2D eigenvalue weighted by molar-refractivity contribution is 8.15. The van der Waals surface area contributed by atoms with Crippen LogP contribution in [0.2, 0.25) is 5.02 Å². The van der Waals surface area contributed by atoms with Gasteiger partial charge in [-0.15, -0.1) is 0 Å². The van der Waals surface area contributed by atoms with Crippen LogP contribution in [0.5, 0.6) is 0 Å². The van der Waals surface area contributed by atoms with Crippen molar-refractivity contribution >= 4 is 61.7 Å². The molecule has 192 valence electrons. The number of amides is 2. The Bertz CT molecular complexity index is 1250. The van der Waals surface area contributed by atoms with Crippen molar-refractivity contribution in [2.75, 3.05) is 38.2 Å². The Hall–Kier alpha value is -2.44. The smallest absolute Gasteiger partial charge is 0.243 e. The molecule has 36 heavy (non-hydrogen) atoms. The Balaban J connectivity index is 1.47. The van der Waals surface area contributed by atoms with Crippen LogP contribution in [0, 0.1) is 0 Å². The van der Waals surface area contributed by atoms with Crippen LogP contribution >= 0.6 is 23.4 Å². The number of hydrogen-bond donors (Lipinski definition) is 1. The van der Waals surface area contributed by atoms with E-state index in [4.69, 9.17) is 16.3 Å². The van der Waals surface area contributed by atoms with E-state index in [2.05, 4.69) is 10.3 Å². The second kappa shape index (κ2) is 11.7. The predicted molar refractivity (Wildman–Crippen MR) is 141 cm³/mol. The second-order valence-electron chi connectivity index (χ2n) is 8.26. The van der Waals surface area contributed by atoms with Gasteiger partial charge in [-0.1, -0.05) is 36.4 Å². The van der Waals surface area contributed by atoms with Gasteiger partial charge in [0.05, 0.1) is 23.8 Å². The molecule has 0 bridgehead atoms. The molecular formula is C24H27ClN4O5S2. The first-order valence-corrected chi connectivity index (χ1v) is 14.3. The lowest BCUT2D eigenvalue weighted by Crippen LogP contribution is -2.40. The van der Waals surface area contributed by atoms with Crippen molar-refractivity contribution in [3.63, 3.8) is 0 Å². The molecule has 0 saturated carbocycles. The number of benzene rings is 2. The van der Waals surface area contributed by atoms with E-state index in [1.165, 1.54) is 28.2 Å². The zero-order chi connectivity index (χ0) is 25.7. The second-order valence-corrected chi connectivity index (χ2v) is 11.8. The highest BCUT2D eigenvalue weighted by Gasteiger charge is 2.38. The Morgan fingerprint density at radius 2 is 1.92 bits per heavy atom. The summed E-state index contributed by atoms with van der Waals surface area (Å²) >= 11 is 7.21. The maximum Gasteiger partial charge on any atom is 0.243 e. The maximum atomic E-state index is 13.0. The number of hydrogen-bond acceptors (Lipinski definition) is 7. The van der Waals surface area contributed by atoms with Crippen LogP contribution in [0.1, 0.15) is 19.8 Å². The molecule has 2 saturated heterocycles. The minimum atomic E-state index is -3.60. The van der Waals surface area contributed by atoms with Crippen LogP contribution in [0.25, 0.3) is 0 Å². The number of sulfonamides is 1. The first-order chi connectivity index (χ1) is 17.3. The number of anilines is 1. The quantitative estimate of drug-likeness (QED) is 0.536. The molecule has 0 aromatic heterocycles. The van der Waals surface area contributed by atoms with Gasteiger partial charge in [-0.2, -0.15) is 4.31 Å². The van der Waals surface area contributed by atoms with Gasteiger partial charge in [0.15, 0.2) is 5.17 Å². The molecule has 0 spiro atoms. The lowest BCUT2D eigenvalue weighted by molar-refractivity contribution is -0.128. The molecule has 0 unspecified atom stereocenters. The zero-order valence-corrected chi connectivity index (χ0v) is 22.1. The minimum absolute atomic E-state index is 0.00796. The molecule has 2 aromatic carbocycles. The number of carbonyl (C=O) groups is 2. The number of carbonyl (C=O) groups excluding carboxylic acids is 2. The number of halogens is 1. The lowest BCUT2D eigenvalue weighted by atomic mass is 10.2. The van der Waals surface area contributed by atoms with E-state index in [0.29, 0.717) is 54.4 Å². The summed E-state index contributed by atoms with van der Waals surface area (Å²) in [7, 11) is -3.60. The molecule has 12 heteroatoms. The van der Waals surface area contributed by atoms with Crippen molar-refractivity contribution in [3.8, 4) is 0 Å². The Kier molecular flexibility index (Phi) is 8.68. The fourth-order valence-corrected chi connectivity index (χ4v) is 6.62. The van der Waals surface area contributed by atoms with Gasteiger partial charge in [0.2, 0.25) is 21.8 Å². The van der Waals surface area contributed by atoms with Crippen molar-refractivity contribution < 1.29 is 22.7 Å². The van der Waals surface area contributed by atoms with Crippen LogP contribution in [0.3, 0.4) is 0 Å². The lowest BCUT2D eigenvalue weighted by Gasteiger charge is -2.26. The molecule has 2 aromatic rings. The van der Waals surface area contributed by atoms with Gasteiger partial charge in [0.1, 0.15) is 5.25 Å². The van der Waals surface area contributed by atoms with E-state index >= 15 is 0 Å². The summed E-state index contributed by atoms with van der Waals surface area (Å²) < 4.78 is 32.4. The van der Waals surface area contributed by atoms with Crippen molar-refractivity contribution in [3.05, 3.63) is 53.6 Å². The third-order valence-electron chi connectivity index (χ3n) is 5.62.